The second kappa shape index (κ2) is 7.85. The maximum absolute atomic E-state index is 12.2. The van der Waals surface area contributed by atoms with E-state index in [9.17, 15) is 9.90 Å². The number of aliphatic hydroxyl groups excluding tert-OH is 1. The van der Waals surface area contributed by atoms with Gasteiger partial charge in [-0.05, 0) is 56.7 Å². The summed E-state index contributed by atoms with van der Waals surface area (Å²) in [6.45, 7) is 3.87. The molecule has 0 radical (unpaired) electrons. The van der Waals surface area contributed by atoms with Crippen LogP contribution in [0.1, 0.15) is 37.7 Å². The van der Waals surface area contributed by atoms with Crippen molar-refractivity contribution >= 4 is 27.6 Å². The second-order valence-electron chi connectivity index (χ2n) is 6.93. The molecule has 1 aromatic rings. The average molecular weight is 396 g/mol. The molecule has 0 unspecified atom stereocenters. The Kier molecular flexibility index (Phi) is 5.79. The molecule has 1 saturated heterocycles. The Balaban J connectivity index is 1.47. The fourth-order valence-electron chi connectivity index (χ4n) is 3.79. The normalized spacial score (nSPS) is 25.6. The van der Waals surface area contributed by atoms with Gasteiger partial charge in [-0.2, -0.15) is 0 Å². The summed E-state index contributed by atoms with van der Waals surface area (Å²) in [5.41, 5.74) is 1.87. The van der Waals surface area contributed by atoms with Gasteiger partial charge in [-0.1, -0.05) is 22.0 Å². The molecule has 1 saturated carbocycles. The van der Waals surface area contributed by atoms with Crippen molar-refractivity contribution in [1.29, 1.82) is 0 Å². The van der Waals surface area contributed by atoms with Crippen molar-refractivity contribution < 1.29 is 9.90 Å². The van der Waals surface area contributed by atoms with Crippen molar-refractivity contribution in [3.63, 3.8) is 0 Å². The van der Waals surface area contributed by atoms with Crippen molar-refractivity contribution in [2.24, 2.45) is 0 Å². The number of urea groups is 1. The molecule has 132 valence electrons. The number of benzene rings is 1. The number of hydrogen-bond acceptors (Lipinski definition) is 3. The van der Waals surface area contributed by atoms with Gasteiger partial charge in [-0.15, -0.1) is 0 Å². The van der Waals surface area contributed by atoms with E-state index in [4.69, 9.17) is 0 Å². The van der Waals surface area contributed by atoms with Crippen LogP contribution in [0, 0.1) is 6.92 Å². The lowest BCUT2D eigenvalue weighted by atomic mass is 10.0. The number of aliphatic hydroxyl groups is 1. The van der Waals surface area contributed by atoms with Gasteiger partial charge >= 0.3 is 6.03 Å². The predicted octanol–water partition coefficient (Wildman–Crippen LogP) is 3.26. The Bertz CT molecular complexity index is 588. The van der Waals surface area contributed by atoms with E-state index < -0.39 is 0 Å². The molecule has 2 amide bonds. The first-order chi connectivity index (χ1) is 11.5. The van der Waals surface area contributed by atoms with E-state index in [1.807, 2.05) is 25.1 Å². The Morgan fingerprint density at radius 1 is 1.25 bits per heavy atom. The van der Waals surface area contributed by atoms with Crippen LogP contribution < -0.4 is 10.6 Å². The molecule has 1 heterocycles. The number of carbonyl (C=O) groups is 1. The minimum atomic E-state index is -0.169. The molecule has 1 aliphatic carbocycles. The number of hydrogen-bond donors (Lipinski definition) is 3. The third kappa shape index (κ3) is 4.29. The van der Waals surface area contributed by atoms with Crippen molar-refractivity contribution in [2.45, 2.75) is 57.2 Å². The lowest BCUT2D eigenvalue weighted by Gasteiger charge is -2.37. The first-order valence-electron chi connectivity index (χ1n) is 8.78. The third-order valence-corrected chi connectivity index (χ3v) is 5.72. The molecule has 2 fully saturated rings. The first-order valence-corrected chi connectivity index (χ1v) is 9.58. The molecule has 0 bridgehead atoms. The van der Waals surface area contributed by atoms with Gasteiger partial charge in [0.25, 0.3) is 0 Å². The quantitative estimate of drug-likeness (QED) is 0.735. The standard InChI is InChI=1S/C18H26BrN3O2/c1-12-5-6-13(19)11-15(12)21-18(24)20-14-7-9-22(10-8-14)16-3-2-4-17(16)23/h5-6,11,14,16-17,23H,2-4,7-10H2,1H3,(H2,20,21,24)/t16-,17-/m0/s1. The number of rotatable bonds is 3. The lowest BCUT2D eigenvalue weighted by molar-refractivity contribution is 0.0537. The fourth-order valence-corrected chi connectivity index (χ4v) is 4.16. The van der Waals surface area contributed by atoms with Crippen molar-refractivity contribution in [3.8, 4) is 0 Å². The SMILES string of the molecule is Cc1ccc(Br)cc1NC(=O)NC1CCN([C@H]2CCC[C@@H]2O)CC1. The molecule has 1 aliphatic heterocycles. The van der Waals surface area contributed by atoms with Crippen LogP contribution in [0.15, 0.2) is 22.7 Å². The van der Waals surface area contributed by atoms with Gasteiger partial charge < -0.3 is 15.7 Å². The van der Waals surface area contributed by atoms with Gasteiger partial charge in [0.1, 0.15) is 0 Å². The summed E-state index contributed by atoms with van der Waals surface area (Å²) in [5, 5.41) is 16.1. The number of nitrogens with zero attached hydrogens (tertiary/aromatic N) is 1. The highest BCUT2D eigenvalue weighted by molar-refractivity contribution is 9.10. The van der Waals surface area contributed by atoms with E-state index >= 15 is 0 Å². The molecule has 3 N–H and O–H groups in total. The largest absolute Gasteiger partial charge is 0.391 e. The Labute approximate surface area is 151 Å². The van der Waals surface area contributed by atoms with Crippen LogP contribution >= 0.6 is 15.9 Å². The van der Waals surface area contributed by atoms with Crippen LogP contribution in [0.5, 0.6) is 0 Å². The number of nitrogens with one attached hydrogen (secondary N) is 2. The van der Waals surface area contributed by atoms with Gasteiger partial charge in [0.15, 0.2) is 0 Å². The first kappa shape index (κ1) is 17.7. The van der Waals surface area contributed by atoms with Gasteiger partial charge in [0, 0.05) is 35.3 Å². The molecule has 2 atom stereocenters. The van der Waals surface area contributed by atoms with Crippen LogP contribution in [-0.4, -0.2) is 47.3 Å². The van der Waals surface area contributed by atoms with E-state index in [1.165, 1.54) is 0 Å². The highest BCUT2D eigenvalue weighted by Crippen LogP contribution is 2.27. The summed E-state index contributed by atoms with van der Waals surface area (Å²) in [7, 11) is 0. The number of carbonyl (C=O) groups excluding carboxylic acids is 1. The molecular weight excluding hydrogens is 370 g/mol. The summed E-state index contributed by atoms with van der Waals surface area (Å²) >= 11 is 3.43. The summed E-state index contributed by atoms with van der Waals surface area (Å²) in [6, 6.07) is 6.24. The number of anilines is 1. The molecule has 1 aromatic carbocycles. The zero-order valence-corrected chi connectivity index (χ0v) is 15.7. The highest BCUT2D eigenvalue weighted by atomic mass is 79.9. The minimum Gasteiger partial charge on any atom is -0.391 e. The molecule has 24 heavy (non-hydrogen) atoms. The predicted molar refractivity (Wildman–Crippen MR) is 99.3 cm³/mol. The molecule has 3 rings (SSSR count). The maximum Gasteiger partial charge on any atom is 0.319 e. The number of amides is 2. The molecule has 6 heteroatoms. The summed E-state index contributed by atoms with van der Waals surface area (Å²) in [5.74, 6) is 0. The second-order valence-corrected chi connectivity index (χ2v) is 7.85. The lowest BCUT2D eigenvalue weighted by Crippen LogP contribution is -2.50. The number of likely N-dealkylation sites (tertiary alicyclic amines) is 1. The molecule has 0 aromatic heterocycles. The summed E-state index contributed by atoms with van der Waals surface area (Å²) in [4.78, 5) is 14.6. The number of piperidine rings is 1. The van der Waals surface area contributed by atoms with Gasteiger partial charge in [0.05, 0.1) is 6.10 Å². The highest BCUT2D eigenvalue weighted by Gasteiger charge is 2.33. The van der Waals surface area contributed by atoms with Crippen LogP contribution in [0.3, 0.4) is 0 Å². The van der Waals surface area contributed by atoms with Crippen molar-refractivity contribution in [1.82, 2.24) is 10.2 Å². The van der Waals surface area contributed by atoms with E-state index in [0.29, 0.717) is 6.04 Å². The monoisotopic (exact) mass is 395 g/mol. The van der Waals surface area contributed by atoms with E-state index in [-0.39, 0.29) is 18.2 Å². The molecule has 0 spiro atoms. The average Bonchev–Trinajstić information content (AvgIpc) is 2.98. The smallest absolute Gasteiger partial charge is 0.319 e. The van der Waals surface area contributed by atoms with Crippen LogP contribution in [0.2, 0.25) is 0 Å². The van der Waals surface area contributed by atoms with Crippen molar-refractivity contribution in [2.75, 3.05) is 18.4 Å². The van der Waals surface area contributed by atoms with Gasteiger partial charge in [-0.3, -0.25) is 4.90 Å². The molecule has 5 nitrogen and oxygen atoms in total. The molecule has 2 aliphatic rings. The zero-order chi connectivity index (χ0) is 17.1. The maximum atomic E-state index is 12.2. The number of aryl methyl sites for hydroxylation is 1. The van der Waals surface area contributed by atoms with Gasteiger partial charge in [-0.25, -0.2) is 4.79 Å². The Hall–Kier alpha value is -1.11. The third-order valence-electron chi connectivity index (χ3n) is 5.23. The fraction of sp³-hybridized carbons (Fsp3) is 0.611. The van der Waals surface area contributed by atoms with Crippen molar-refractivity contribution in [3.05, 3.63) is 28.2 Å². The Morgan fingerprint density at radius 3 is 2.67 bits per heavy atom. The summed E-state index contributed by atoms with van der Waals surface area (Å²) < 4.78 is 0.951. The van der Waals surface area contributed by atoms with Gasteiger partial charge in [0.2, 0.25) is 0 Å². The number of halogens is 1. The Morgan fingerprint density at radius 2 is 2.00 bits per heavy atom. The van der Waals surface area contributed by atoms with E-state index in [2.05, 4.69) is 31.5 Å². The topological polar surface area (TPSA) is 64.6 Å². The molecular formula is C18H26BrN3O2. The van der Waals surface area contributed by atoms with E-state index in [0.717, 1.165) is 60.9 Å². The van der Waals surface area contributed by atoms with E-state index in [1.54, 1.807) is 0 Å². The van der Waals surface area contributed by atoms with Crippen LogP contribution in [0.4, 0.5) is 10.5 Å². The summed E-state index contributed by atoms with van der Waals surface area (Å²) in [6.07, 6.45) is 4.86. The minimum absolute atomic E-state index is 0.143. The zero-order valence-electron chi connectivity index (χ0n) is 14.1. The van der Waals surface area contributed by atoms with Crippen LogP contribution in [0.25, 0.3) is 0 Å². The van der Waals surface area contributed by atoms with Crippen LogP contribution in [-0.2, 0) is 0 Å².